The third-order valence-corrected chi connectivity index (χ3v) is 7.62. The van der Waals surface area contributed by atoms with Crippen molar-refractivity contribution >= 4 is 81.5 Å². The van der Waals surface area contributed by atoms with Crippen molar-refractivity contribution in [3.8, 4) is 0 Å². The van der Waals surface area contributed by atoms with Crippen molar-refractivity contribution in [1.82, 2.24) is 15.2 Å². The molecule has 1 aromatic heterocycles. The number of thiazole rings is 1. The number of hydrogen-bond donors (Lipinski definition) is 2. The van der Waals surface area contributed by atoms with Crippen LogP contribution in [0.4, 0.5) is 5.13 Å². The Labute approximate surface area is 236 Å². The maximum atomic E-state index is 13.1. The lowest BCUT2D eigenvalue weighted by molar-refractivity contribution is -0.173. The molecule has 0 saturated carbocycles. The van der Waals surface area contributed by atoms with Crippen molar-refractivity contribution in [2.75, 3.05) is 24.5 Å². The Balaban J connectivity index is 1.75. The lowest BCUT2D eigenvalue weighted by Crippen LogP contribution is -2.70. The SMILES string of the molecule is CC(=O)OCC1=C(C(=O)OCOC(=O)C(C)(C)C)N2C(=O)[C@@H](NC(=O)C(=CCl)c3csc(NC=O)n3)[C@H]2SC1. The third kappa shape index (κ3) is 6.96. The second-order valence-electron chi connectivity index (χ2n) is 9.15. The summed E-state index contributed by atoms with van der Waals surface area (Å²) in [5.41, 5.74) is 0.497. The van der Waals surface area contributed by atoms with E-state index < -0.39 is 53.3 Å². The monoisotopic (exact) mass is 600 g/mol. The number of fused-ring (bicyclic) bond motifs is 1. The number of carbonyl (C=O) groups excluding carboxylic acids is 6. The van der Waals surface area contributed by atoms with Gasteiger partial charge < -0.3 is 24.8 Å². The Morgan fingerprint density at radius 3 is 2.56 bits per heavy atom. The Kier molecular flexibility index (Phi) is 9.74. The van der Waals surface area contributed by atoms with Crippen molar-refractivity contribution in [2.24, 2.45) is 5.41 Å². The molecule has 3 heterocycles. The highest BCUT2D eigenvalue weighted by atomic mass is 35.5. The van der Waals surface area contributed by atoms with E-state index in [1.807, 2.05) is 0 Å². The molecule has 0 radical (unpaired) electrons. The molecule has 0 spiro atoms. The van der Waals surface area contributed by atoms with E-state index in [2.05, 4.69) is 15.6 Å². The fraction of sp³-hybridized carbons (Fsp3) is 0.435. The Hall–Kier alpha value is -3.43. The number of nitrogens with zero attached hydrogens (tertiary/aromatic N) is 2. The van der Waals surface area contributed by atoms with Crippen LogP contribution in [0.15, 0.2) is 22.2 Å². The highest BCUT2D eigenvalue weighted by molar-refractivity contribution is 8.00. The van der Waals surface area contributed by atoms with Gasteiger partial charge in [-0.15, -0.1) is 23.1 Å². The molecule has 210 valence electrons. The van der Waals surface area contributed by atoms with Crippen LogP contribution >= 0.6 is 34.7 Å². The number of rotatable bonds is 10. The largest absolute Gasteiger partial charge is 0.461 e. The van der Waals surface area contributed by atoms with Crippen LogP contribution < -0.4 is 10.6 Å². The van der Waals surface area contributed by atoms with Crippen LogP contribution in [-0.2, 0) is 43.0 Å². The second kappa shape index (κ2) is 12.6. The first kappa shape index (κ1) is 30.1. The van der Waals surface area contributed by atoms with Crippen LogP contribution in [0.1, 0.15) is 33.4 Å². The topological polar surface area (TPSA) is 170 Å². The van der Waals surface area contributed by atoms with E-state index in [4.69, 9.17) is 25.8 Å². The third-order valence-electron chi connectivity index (χ3n) is 5.29. The number of halogens is 1. The van der Waals surface area contributed by atoms with Crippen molar-refractivity contribution in [3.63, 3.8) is 0 Å². The summed E-state index contributed by atoms with van der Waals surface area (Å²) in [5.74, 6) is -3.27. The lowest BCUT2D eigenvalue weighted by Gasteiger charge is -2.49. The maximum Gasteiger partial charge on any atom is 0.358 e. The van der Waals surface area contributed by atoms with Gasteiger partial charge in [0, 0.05) is 29.2 Å². The second-order valence-corrected chi connectivity index (χ2v) is 11.3. The molecule has 16 heteroatoms. The number of ether oxygens (including phenoxy) is 3. The molecule has 13 nitrogen and oxygen atoms in total. The Morgan fingerprint density at radius 2 is 1.95 bits per heavy atom. The van der Waals surface area contributed by atoms with Crippen LogP contribution in [0.25, 0.3) is 5.57 Å². The van der Waals surface area contributed by atoms with Gasteiger partial charge in [-0.25, -0.2) is 9.78 Å². The molecule has 39 heavy (non-hydrogen) atoms. The summed E-state index contributed by atoms with van der Waals surface area (Å²) in [6.45, 7) is 5.15. The number of nitrogens with one attached hydrogen (secondary N) is 2. The first-order valence-electron chi connectivity index (χ1n) is 11.3. The molecule has 3 amide bonds. The number of aromatic nitrogens is 1. The zero-order chi connectivity index (χ0) is 28.9. The summed E-state index contributed by atoms with van der Waals surface area (Å²) < 4.78 is 15.1. The van der Waals surface area contributed by atoms with Gasteiger partial charge in [0.25, 0.3) is 11.8 Å². The summed E-state index contributed by atoms with van der Waals surface area (Å²) in [6.07, 6.45) is 0.440. The first-order valence-corrected chi connectivity index (χ1v) is 13.7. The minimum absolute atomic E-state index is 0.0367. The zero-order valence-electron chi connectivity index (χ0n) is 21.3. The molecule has 2 atom stereocenters. The van der Waals surface area contributed by atoms with Crippen LogP contribution in [0.2, 0.25) is 0 Å². The van der Waals surface area contributed by atoms with Gasteiger partial charge in [-0.3, -0.25) is 28.9 Å². The van der Waals surface area contributed by atoms with Crippen molar-refractivity contribution in [3.05, 3.63) is 27.9 Å². The number of hydrogen-bond acceptors (Lipinski definition) is 12. The molecule has 3 rings (SSSR count). The van der Waals surface area contributed by atoms with Crippen LogP contribution in [0.5, 0.6) is 0 Å². The average Bonchev–Trinajstić information content (AvgIpc) is 3.33. The van der Waals surface area contributed by atoms with Crippen molar-refractivity contribution < 1.29 is 43.0 Å². The van der Waals surface area contributed by atoms with Gasteiger partial charge in [0.15, 0.2) is 5.13 Å². The van der Waals surface area contributed by atoms with Crippen LogP contribution in [0.3, 0.4) is 0 Å². The minimum atomic E-state index is -1.02. The number of esters is 3. The van der Waals surface area contributed by atoms with E-state index >= 15 is 0 Å². The van der Waals surface area contributed by atoms with Crippen molar-refractivity contribution in [1.29, 1.82) is 0 Å². The molecule has 0 aromatic carbocycles. The predicted molar refractivity (Wildman–Crippen MR) is 141 cm³/mol. The molecule has 1 fully saturated rings. The molecule has 0 aliphatic carbocycles. The molecule has 0 bridgehead atoms. The number of β-lactam (4-membered cyclic amide) rings is 1. The van der Waals surface area contributed by atoms with E-state index in [-0.39, 0.29) is 34.5 Å². The fourth-order valence-electron chi connectivity index (χ4n) is 3.35. The number of thioether (sulfide) groups is 1. The molecular weight excluding hydrogens is 576 g/mol. The first-order chi connectivity index (χ1) is 18.4. The van der Waals surface area contributed by atoms with E-state index in [0.29, 0.717) is 12.0 Å². The average molecular weight is 601 g/mol. The van der Waals surface area contributed by atoms with Crippen LogP contribution in [0, 0.1) is 5.41 Å². The van der Waals surface area contributed by atoms with E-state index in [1.165, 1.54) is 24.1 Å². The fourth-order valence-corrected chi connectivity index (χ4v) is 5.56. The molecule has 2 aliphatic heterocycles. The zero-order valence-corrected chi connectivity index (χ0v) is 23.7. The van der Waals surface area contributed by atoms with Gasteiger partial charge in [0.2, 0.25) is 13.2 Å². The van der Waals surface area contributed by atoms with E-state index in [1.54, 1.807) is 20.8 Å². The molecule has 0 unspecified atom stereocenters. The molecular formula is C23H25ClN4O9S2. The van der Waals surface area contributed by atoms with Crippen molar-refractivity contribution in [2.45, 2.75) is 39.1 Å². The van der Waals surface area contributed by atoms with Gasteiger partial charge in [0.05, 0.1) is 16.7 Å². The van der Waals surface area contributed by atoms with Gasteiger partial charge >= 0.3 is 17.9 Å². The minimum Gasteiger partial charge on any atom is -0.461 e. The predicted octanol–water partition coefficient (Wildman–Crippen LogP) is 1.60. The highest BCUT2D eigenvalue weighted by Crippen LogP contribution is 2.41. The number of amides is 3. The normalized spacial score (nSPS) is 18.9. The van der Waals surface area contributed by atoms with Gasteiger partial charge in [-0.1, -0.05) is 11.6 Å². The van der Waals surface area contributed by atoms with E-state index in [9.17, 15) is 28.8 Å². The Morgan fingerprint density at radius 1 is 1.23 bits per heavy atom. The standard InChI is InChI=1S/C23H25ClN4O9S2/c1-11(30)35-6-12-7-38-19-15(27-17(31)13(5-24)14-8-39-22(26-14)25-9-29)18(32)28(19)16(12)20(33)36-10-37-21(34)23(2,3)4/h5,8-9,15,19H,6-7,10H2,1-4H3,(H,27,31)(H,25,26,29)/t15-,19-/m1/s1. The summed E-state index contributed by atoms with van der Waals surface area (Å²) >= 11 is 8.16. The van der Waals surface area contributed by atoms with E-state index in [0.717, 1.165) is 21.8 Å². The summed E-state index contributed by atoms with van der Waals surface area (Å²) in [5, 5.41) is 6.05. The molecule has 2 N–H and O–H groups in total. The molecule has 1 aromatic rings. The van der Waals surface area contributed by atoms with Gasteiger partial charge in [0.1, 0.15) is 23.7 Å². The maximum absolute atomic E-state index is 13.1. The highest BCUT2D eigenvalue weighted by Gasteiger charge is 2.54. The smallest absolute Gasteiger partial charge is 0.358 e. The van der Waals surface area contributed by atoms with Gasteiger partial charge in [-0.05, 0) is 20.8 Å². The molecule has 2 aliphatic rings. The van der Waals surface area contributed by atoms with Crippen LogP contribution in [-0.4, -0.2) is 76.6 Å². The summed E-state index contributed by atoms with van der Waals surface area (Å²) in [6, 6.07) is -1.02. The van der Waals surface area contributed by atoms with Gasteiger partial charge in [-0.2, -0.15) is 0 Å². The number of anilines is 1. The quantitative estimate of drug-likeness (QED) is 0.131. The number of carbonyl (C=O) groups is 6. The molecule has 1 saturated heterocycles. The summed E-state index contributed by atoms with van der Waals surface area (Å²) in [7, 11) is 0. The lowest BCUT2D eigenvalue weighted by atomic mass is 9.98. The Bertz CT molecular complexity index is 1250. The summed E-state index contributed by atoms with van der Waals surface area (Å²) in [4.78, 5) is 78.2.